The quantitative estimate of drug-likeness (QED) is 0.583. The molecule has 0 radical (unpaired) electrons. The molecule has 1 aromatic carbocycles. The highest BCUT2D eigenvalue weighted by atomic mass is 16.6. The van der Waals surface area contributed by atoms with Crippen LogP contribution >= 0.6 is 0 Å². The lowest BCUT2D eigenvalue weighted by Gasteiger charge is -2.13. The van der Waals surface area contributed by atoms with Crippen molar-refractivity contribution in [3.05, 3.63) is 30.3 Å². The van der Waals surface area contributed by atoms with Gasteiger partial charge in [0, 0.05) is 13.2 Å². The first-order valence-electron chi connectivity index (χ1n) is 6.99. The zero-order valence-electron chi connectivity index (χ0n) is 12.4. The van der Waals surface area contributed by atoms with Gasteiger partial charge in [-0.05, 0) is 31.5 Å². The van der Waals surface area contributed by atoms with Crippen LogP contribution in [0.1, 0.15) is 19.4 Å². The van der Waals surface area contributed by atoms with Crippen molar-refractivity contribution in [1.29, 1.82) is 0 Å². The van der Waals surface area contributed by atoms with Crippen molar-refractivity contribution in [3.8, 4) is 11.5 Å². The van der Waals surface area contributed by atoms with Crippen LogP contribution in [0.2, 0.25) is 0 Å². The highest BCUT2D eigenvalue weighted by Gasteiger charge is 2.06. The lowest BCUT2D eigenvalue weighted by molar-refractivity contribution is 0.0999. The van der Waals surface area contributed by atoms with Crippen LogP contribution in [0.15, 0.2) is 24.8 Å². The van der Waals surface area contributed by atoms with Crippen LogP contribution < -0.4 is 9.47 Å². The van der Waals surface area contributed by atoms with E-state index < -0.39 is 0 Å². The van der Waals surface area contributed by atoms with E-state index in [2.05, 4.69) is 6.58 Å². The second-order valence-corrected chi connectivity index (χ2v) is 4.00. The lowest BCUT2D eigenvalue weighted by atomic mass is 10.2. The Morgan fingerprint density at radius 2 is 1.50 bits per heavy atom. The molecule has 0 unspecified atom stereocenters. The minimum Gasteiger partial charge on any atom is -0.487 e. The van der Waals surface area contributed by atoms with Crippen molar-refractivity contribution in [3.63, 3.8) is 0 Å². The van der Waals surface area contributed by atoms with Gasteiger partial charge in [-0.25, -0.2) is 0 Å². The monoisotopic (exact) mass is 280 g/mol. The maximum Gasteiger partial charge on any atom is 0.161 e. The van der Waals surface area contributed by atoms with Gasteiger partial charge in [-0.15, -0.1) is 0 Å². The molecule has 112 valence electrons. The van der Waals surface area contributed by atoms with Crippen LogP contribution in [0.25, 0.3) is 6.08 Å². The molecule has 4 nitrogen and oxygen atoms in total. The van der Waals surface area contributed by atoms with Crippen molar-refractivity contribution >= 4 is 6.08 Å². The minimum absolute atomic E-state index is 0.496. The van der Waals surface area contributed by atoms with Crippen LogP contribution in [0.4, 0.5) is 0 Å². The van der Waals surface area contributed by atoms with Gasteiger partial charge < -0.3 is 18.9 Å². The molecule has 20 heavy (non-hydrogen) atoms. The third-order valence-electron chi connectivity index (χ3n) is 2.58. The molecule has 0 aliphatic carbocycles. The minimum atomic E-state index is 0.496. The van der Waals surface area contributed by atoms with Gasteiger partial charge in [0.1, 0.15) is 13.2 Å². The fourth-order valence-corrected chi connectivity index (χ4v) is 1.59. The molecule has 0 saturated heterocycles. The van der Waals surface area contributed by atoms with Crippen LogP contribution in [0, 0.1) is 0 Å². The Labute approximate surface area is 121 Å². The van der Waals surface area contributed by atoms with Crippen LogP contribution in [0.5, 0.6) is 11.5 Å². The molecule has 0 aliphatic rings. The van der Waals surface area contributed by atoms with Gasteiger partial charge in [0.25, 0.3) is 0 Å². The van der Waals surface area contributed by atoms with Gasteiger partial charge in [-0.1, -0.05) is 18.7 Å². The second-order valence-electron chi connectivity index (χ2n) is 4.00. The lowest BCUT2D eigenvalue weighted by Crippen LogP contribution is -2.10. The Morgan fingerprint density at radius 3 is 2.05 bits per heavy atom. The predicted octanol–water partition coefficient (Wildman–Crippen LogP) is 3.16. The fourth-order valence-electron chi connectivity index (χ4n) is 1.59. The number of hydrogen-bond acceptors (Lipinski definition) is 4. The highest BCUT2D eigenvalue weighted by molar-refractivity contribution is 5.54. The molecule has 0 fully saturated rings. The molecular weight excluding hydrogens is 256 g/mol. The first-order chi connectivity index (χ1) is 9.81. The van der Waals surface area contributed by atoms with Gasteiger partial charge in [-0.2, -0.15) is 0 Å². The normalized spacial score (nSPS) is 10.3. The summed E-state index contributed by atoms with van der Waals surface area (Å²) in [7, 11) is 0. The molecule has 4 heteroatoms. The van der Waals surface area contributed by atoms with Gasteiger partial charge in [-0.3, -0.25) is 0 Å². The van der Waals surface area contributed by atoms with Crippen LogP contribution in [-0.2, 0) is 9.47 Å². The van der Waals surface area contributed by atoms with Crippen molar-refractivity contribution in [1.82, 2.24) is 0 Å². The molecule has 0 spiro atoms. The van der Waals surface area contributed by atoms with Crippen LogP contribution in [0.3, 0.4) is 0 Å². The molecule has 0 heterocycles. The molecule has 1 aromatic rings. The van der Waals surface area contributed by atoms with E-state index in [1.165, 1.54) is 0 Å². The van der Waals surface area contributed by atoms with E-state index in [1.54, 1.807) is 6.08 Å². The third kappa shape index (κ3) is 6.08. The van der Waals surface area contributed by atoms with Crippen LogP contribution in [-0.4, -0.2) is 39.6 Å². The Hall–Kier alpha value is -1.52. The average molecular weight is 280 g/mol. The summed E-state index contributed by atoms with van der Waals surface area (Å²) in [5.74, 6) is 1.42. The molecule has 1 rings (SSSR count). The molecule has 0 aliphatic heterocycles. The fraction of sp³-hybridized carbons (Fsp3) is 0.500. The second kappa shape index (κ2) is 10.3. The number of rotatable bonds is 11. The Morgan fingerprint density at radius 1 is 0.900 bits per heavy atom. The first-order valence-corrected chi connectivity index (χ1v) is 6.99. The first kappa shape index (κ1) is 16.5. The summed E-state index contributed by atoms with van der Waals surface area (Å²) >= 11 is 0. The van der Waals surface area contributed by atoms with Crippen molar-refractivity contribution < 1.29 is 18.9 Å². The standard InChI is InChI=1S/C16H24O4/c1-4-14-7-8-15(19-11-9-17-5-2)16(13-14)20-12-10-18-6-3/h4,7-8,13H,1,5-6,9-12H2,2-3H3. The van der Waals surface area contributed by atoms with E-state index in [9.17, 15) is 0 Å². The zero-order chi connectivity index (χ0) is 14.6. The Kier molecular flexibility index (Phi) is 8.51. The molecule has 0 aromatic heterocycles. The maximum absolute atomic E-state index is 5.70. The predicted molar refractivity (Wildman–Crippen MR) is 80.5 cm³/mol. The van der Waals surface area contributed by atoms with Crippen molar-refractivity contribution in [2.75, 3.05) is 39.6 Å². The molecular formula is C16H24O4. The zero-order valence-corrected chi connectivity index (χ0v) is 12.4. The van der Waals surface area contributed by atoms with E-state index in [4.69, 9.17) is 18.9 Å². The topological polar surface area (TPSA) is 36.9 Å². The van der Waals surface area contributed by atoms with Gasteiger partial charge in [0.2, 0.25) is 0 Å². The summed E-state index contributed by atoms with van der Waals surface area (Å²) in [6.45, 7) is 11.2. The molecule has 0 saturated carbocycles. The molecule has 0 bridgehead atoms. The van der Waals surface area contributed by atoms with E-state index in [0.29, 0.717) is 51.1 Å². The van der Waals surface area contributed by atoms with Crippen molar-refractivity contribution in [2.45, 2.75) is 13.8 Å². The summed E-state index contributed by atoms with van der Waals surface area (Å²) in [5.41, 5.74) is 0.994. The summed E-state index contributed by atoms with van der Waals surface area (Å²) < 4.78 is 21.9. The van der Waals surface area contributed by atoms with E-state index in [-0.39, 0.29) is 0 Å². The van der Waals surface area contributed by atoms with E-state index in [1.807, 2.05) is 32.0 Å². The number of hydrogen-bond donors (Lipinski definition) is 0. The largest absolute Gasteiger partial charge is 0.487 e. The summed E-state index contributed by atoms with van der Waals surface area (Å²) in [6.07, 6.45) is 1.78. The smallest absolute Gasteiger partial charge is 0.161 e. The van der Waals surface area contributed by atoms with Gasteiger partial charge >= 0.3 is 0 Å². The third-order valence-corrected chi connectivity index (χ3v) is 2.58. The maximum atomic E-state index is 5.70. The average Bonchev–Trinajstić information content (AvgIpc) is 2.49. The van der Waals surface area contributed by atoms with E-state index in [0.717, 1.165) is 5.56 Å². The van der Waals surface area contributed by atoms with Crippen molar-refractivity contribution in [2.24, 2.45) is 0 Å². The Balaban J connectivity index is 2.58. The van der Waals surface area contributed by atoms with Gasteiger partial charge in [0.15, 0.2) is 11.5 Å². The number of benzene rings is 1. The number of ether oxygens (including phenoxy) is 4. The Bertz CT molecular complexity index is 390. The summed E-state index contributed by atoms with van der Waals surface area (Å²) in [4.78, 5) is 0. The summed E-state index contributed by atoms with van der Waals surface area (Å²) in [6, 6.07) is 5.74. The molecule has 0 N–H and O–H groups in total. The SMILES string of the molecule is C=Cc1ccc(OCCOCC)c(OCCOCC)c1. The summed E-state index contributed by atoms with van der Waals surface area (Å²) in [5, 5.41) is 0. The molecule has 0 amide bonds. The highest BCUT2D eigenvalue weighted by Crippen LogP contribution is 2.28. The van der Waals surface area contributed by atoms with Gasteiger partial charge in [0.05, 0.1) is 13.2 Å². The van der Waals surface area contributed by atoms with E-state index >= 15 is 0 Å². The molecule has 0 atom stereocenters.